The first-order valence-corrected chi connectivity index (χ1v) is 7.16. The fourth-order valence-corrected chi connectivity index (χ4v) is 3.17. The average molecular weight is 306 g/mol. The molecule has 1 aliphatic heterocycles. The van der Waals surface area contributed by atoms with Crippen LogP contribution in [0.3, 0.4) is 0 Å². The van der Waals surface area contributed by atoms with E-state index in [4.69, 9.17) is 0 Å². The predicted molar refractivity (Wildman–Crippen MR) is 75.8 cm³/mol. The summed E-state index contributed by atoms with van der Waals surface area (Å²) in [4.78, 5) is 12.6. The van der Waals surface area contributed by atoms with E-state index in [0.717, 1.165) is 12.1 Å². The molecule has 106 valence electrons. The van der Waals surface area contributed by atoms with E-state index in [2.05, 4.69) is 0 Å². The molecular weight excluding hydrogens is 297 g/mol. The summed E-state index contributed by atoms with van der Waals surface area (Å²) in [6, 6.07) is 7.78. The molecule has 2 aromatic rings. The Morgan fingerprint density at radius 2 is 1.81 bits per heavy atom. The number of hydrogen-bond donors (Lipinski definition) is 0. The Morgan fingerprint density at radius 1 is 1.00 bits per heavy atom. The van der Waals surface area contributed by atoms with Crippen LogP contribution in [-0.4, -0.2) is 11.5 Å². The fraction of sp³-hybridized carbons (Fsp3) is 0.0625. The van der Waals surface area contributed by atoms with E-state index in [9.17, 15) is 18.0 Å². The largest absolute Gasteiger partial charge is 0.289 e. The Labute approximate surface area is 123 Å². The molecule has 5 heteroatoms. The van der Waals surface area contributed by atoms with Crippen LogP contribution in [0, 0.1) is 17.5 Å². The quantitative estimate of drug-likeness (QED) is 0.723. The van der Waals surface area contributed by atoms with E-state index in [1.165, 1.54) is 36.0 Å². The summed E-state index contributed by atoms with van der Waals surface area (Å²) in [5, 5.41) is 0. The number of carbonyl (C=O) groups is 1. The highest BCUT2D eigenvalue weighted by atomic mass is 32.2. The molecule has 2 aromatic carbocycles. The van der Waals surface area contributed by atoms with Gasteiger partial charge in [-0.15, -0.1) is 11.8 Å². The molecule has 0 bridgehead atoms. The highest BCUT2D eigenvalue weighted by Crippen LogP contribution is 2.35. The third kappa shape index (κ3) is 2.61. The first-order valence-electron chi connectivity index (χ1n) is 6.18. The first-order chi connectivity index (χ1) is 10.1. The number of fused-ring (bicyclic) bond motifs is 1. The molecule has 0 N–H and O–H groups in total. The summed E-state index contributed by atoms with van der Waals surface area (Å²) in [5.74, 6) is -2.31. The van der Waals surface area contributed by atoms with Crippen LogP contribution in [0.1, 0.15) is 15.9 Å². The van der Waals surface area contributed by atoms with Crippen LogP contribution in [0.5, 0.6) is 0 Å². The zero-order chi connectivity index (χ0) is 15.0. The van der Waals surface area contributed by atoms with Gasteiger partial charge in [0.15, 0.2) is 17.4 Å². The number of rotatable bonds is 1. The lowest BCUT2D eigenvalue weighted by molar-refractivity contribution is 0.103. The zero-order valence-electron chi connectivity index (χ0n) is 10.7. The number of halogens is 3. The number of Topliss-reactive ketones (excluding diaryl/α,β-unsaturated/α-hetero) is 1. The van der Waals surface area contributed by atoms with Crippen molar-refractivity contribution in [2.75, 3.05) is 5.75 Å². The Kier molecular flexibility index (Phi) is 3.59. The number of benzene rings is 2. The molecule has 0 atom stereocenters. The van der Waals surface area contributed by atoms with Gasteiger partial charge in [-0.05, 0) is 35.9 Å². The highest BCUT2D eigenvalue weighted by Gasteiger charge is 2.24. The molecule has 0 unspecified atom stereocenters. The van der Waals surface area contributed by atoms with Crippen LogP contribution < -0.4 is 0 Å². The predicted octanol–water partition coefficient (Wildman–Crippen LogP) is 4.48. The second-order valence-electron chi connectivity index (χ2n) is 4.58. The molecule has 0 saturated carbocycles. The smallest absolute Gasteiger partial charge is 0.191 e. The van der Waals surface area contributed by atoms with Crippen LogP contribution >= 0.6 is 11.8 Å². The summed E-state index contributed by atoms with van der Waals surface area (Å²) in [6.45, 7) is 0. The normalized spacial score (nSPS) is 16.1. The lowest BCUT2D eigenvalue weighted by atomic mass is 10.0. The maximum atomic E-state index is 13.6. The first kappa shape index (κ1) is 13.9. The number of carbonyl (C=O) groups excluding carboxylic acids is 1. The van der Waals surface area contributed by atoms with E-state index in [-0.39, 0.29) is 5.78 Å². The van der Waals surface area contributed by atoms with E-state index in [0.29, 0.717) is 27.3 Å². The third-order valence-electron chi connectivity index (χ3n) is 3.16. The standard InChI is InChI=1S/C16H9F3OS/c17-12-5-4-9(7-14(12)19)6-10-8-21-16-11(15(10)20)2-1-3-13(16)18/h1-7H,8H2/b10-6+. The van der Waals surface area contributed by atoms with Crippen LogP contribution in [0.15, 0.2) is 46.9 Å². The van der Waals surface area contributed by atoms with Gasteiger partial charge in [-0.2, -0.15) is 0 Å². The number of hydrogen-bond acceptors (Lipinski definition) is 2. The van der Waals surface area contributed by atoms with Crippen molar-refractivity contribution in [1.82, 2.24) is 0 Å². The van der Waals surface area contributed by atoms with Gasteiger partial charge in [0.25, 0.3) is 0 Å². The second kappa shape index (κ2) is 5.41. The molecule has 1 nitrogen and oxygen atoms in total. The van der Waals surface area contributed by atoms with E-state index >= 15 is 0 Å². The minimum Gasteiger partial charge on any atom is -0.289 e. The molecular formula is C16H9F3OS. The summed E-state index contributed by atoms with van der Waals surface area (Å²) < 4.78 is 39.7. The summed E-state index contributed by atoms with van der Waals surface area (Å²) in [6.07, 6.45) is 1.51. The van der Waals surface area contributed by atoms with Crippen LogP contribution in [-0.2, 0) is 0 Å². The average Bonchev–Trinajstić information content (AvgIpc) is 2.46. The minimum absolute atomic E-state index is 0.284. The van der Waals surface area contributed by atoms with Gasteiger partial charge >= 0.3 is 0 Å². The van der Waals surface area contributed by atoms with Crippen LogP contribution in [0.4, 0.5) is 13.2 Å². The topological polar surface area (TPSA) is 17.1 Å². The van der Waals surface area contributed by atoms with E-state index in [1.807, 2.05) is 0 Å². The molecule has 1 aliphatic rings. The van der Waals surface area contributed by atoms with Crippen molar-refractivity contribution in [2.24, 2.45) is 0 Å². The number of thioether (sulfide) groups is 1. The van der Waals surface area contributed by atoms with Gasteiger partial charge in [-0.1, -0.05) is 12.1 Å². The van der Waals surface area contributed by atoms with Crippen molar-refractivity contribution in [3.8, 4) is 0 Å². The highest BCUT2D eigenvalue weighted by molar-refractivity contribution is 7.99. The maximum absolute atomic E-state index is 13.6. The number of ketones is 1. The second-order valence-corrected chi connectivity index (χ2v) is 5.56. The molecule has 0 aromatic heterocycles. The lowest BCUT2D eigenvalue weighted by Crippen LogP contribution is -2.13. The van der Waals surface area contributed by atoms with Crippen molar-refractivity contribution < 1.29 is 18.0 Å². The summed E-state index contributed by atoms with van der Waals surface area (Å²) >= 11 is 1.22. The lowest BCUT2D eigenvalue weighted by Gasteiger charge is -2.17. The Morgan fingerprint density at radius 3 is 2.57 bits per heavy atom. The monoisotopic (exact) mass is 306 g/mol. The Hall–Kier alpha value is -2.01. The zero-order valence-corrected chi connectivity index (χ0v) is 11.5. The van der Waals surface area contributed by atoms with E-state index < -0.39 is 17.5 Å². The minimum atomic E-state index is -0.966. The fourth-order valence-electron chi connectivity index (χ4n) is 2.13. The van der Waals surface area contributed by atoms with Gasteiger partial charge in [0.2, 0.25) is 0 Å². The SMILES string of the molecule is O=C1/C(=C/c2ccc(F)c(F)c2)CSc2c(F)cccc21. The molecule has 0 saturated heterocycles. The van der Waals surface area contributed by atoms with Gasteiger partial charge in [0.1, 0.15) is 5.82 Å². The molecule has 3 rings (SSSR count). The van der Waals surface area contributed by atoms with Crippen molar-refractivity contribution >= 4 is 23.6 Å². The summed E-state index contributed by atoms with van der Waals surface area (Å²) in [7, 11) is 0. The molecule has 0 aliphatic carbocycles. The van der Waals surface area contributed by atoms with Gasteiger partial charge in [0.05, 0.1) is 4.90 Å². The van der Waals surface area contributed by atoms with Crippen molar-refractivity contribution in [3.05, 3.63) is 70.5 Å². The van der Waals surface area contributed by atoms with Crippen LogP contribution in [0.25, 0.3) is 6.08 Å². The molecule has 1 heterocycles. The summed E-state index contributed by atoms with van der Waals surface area (Å²) in [5.41, 5.74) is 1.14. The molecule has 21 heavy (non-hydrogen) atoms. The molecule has 0 fully saturated rings. The maximum Gasteiger partial charge on any atom is 0.191 e. The Bertz CT molecular complexity index is 768. The molecule has 0 spiro atoms. The van der Waals surface area contributed by atoms with E-state index in [1.54, 1.807) is 6.07 Å². The molecule has 0 radical (unpaired) electrons. The van der Waals surface area contributed by atoms with Crippen molar-refractivity contribution in [3.63, 3.8) is 0 Å². The Balaban J connectivity index is 1.99. The third-order valence-corrected chi connectivity index (χ3v) is 4.32. The van der Waals surface area contributed by atoms with Crippen molar-refractivity contribution in [2.45, 2.75) is 4.90 Å². The van der Waals surface area contributed by atoms with Gasteiger partial charge in [-0.3, -0.25) is 4.79 Å². The molecule has 0 amide bonds. The van der Waals surface area contributed by atoms with Gasteiger partial charge in [-0.25, -0.2) is 13.2 Å². The van der Waals surface area contributed by atoms with Gasteiger partial charge in [0, 0.05) is 16.9 Å². The van der Waals surface area contributed by atoms with Gasteiger partial charge < -0.3 is 0 Å². The van der Waals surface area contributed by atoms with Crippen LogP contribution in [0.2, 0.25) is 0 Å². The van der Waals surface area contributed by atoms with Crippen molar-refractivity contribution in [1.29, 1.82) is 0 Å².